The Morgan fingerprint density at radius 1 is 1.08 bits per heavy atom. The summed E-state index contributed by atoms with van der Waals surface area (Å²) in [6.07, 6.45) is -2.05. The fourth-order valence-electron chi connectivity index (χ4n) is 4.28. The van der Waals surface area contributed by atoms with Gasteiger partial charge in [-0.05, 0) is 55.4 Å². The van der Waals surface area contributed by atoms with E-state index in [0.717, 1.165) is 24.7 Å². The second-order valence-electron chi connectivity index (χ2n) is 9.38. The van der Waals surface area contributed by atoms with Crippen LogP contribution in [0, 0.1) is 11.6 Å². The number of alkyl halides is 3. The molecule has 0 aromatic heterocycles. The number of piperidine rings is 1. The van der Waals surface area contributed by atoms with Crippen LogP contribution in [0.1, 0.15) is 58.6 Å². The Labute approximate surface area is 215 Å². The minimum atomic E-state index is -4.71. The van der Waals surface area contributed by atoms with E-state index in [2.05, 4.69) is 0 Å². The van der Waals surface area contributed by atoms with Crippen LogP contribution in [0.2, 0.25) is 5.02 Å². The van der Waals surface area contributed by atoms with Crippen molar-refractivity contribution in [1.82, 2.24) is 9.62 Å². The van der Waals surface area contributed by atoms with Crippen molar-refractivity contribution >= 4 is 27.5 Å². The van der Waals surface area contributed by atoms with Crippen LogP contribution < -0.4 is 9.46 Å². The van der Waals surface area contributed by atoms with Crippen molar-refractivity contribution in [3.05, 3.63) is 63.2 Å². The van der Waals surface area contributed by atoms with Crippen LogP contribution in [0.15, 0.2) is 24.3 Å². The second kappa shape index (κ2) is 10.4. The summed E-state index contributed by atoms with van der Waals surface area (Å²) in [4.78, 5) is 14.3. The summed E-state index contributed by atoms with van der Waals surface area (Å²) in [5.74, 6) is -3.33. The quantitative estimate of drug-likeness (QED) is 0.464. The summed E-state index contributed by atoms with van der Waals surface area (Å²) in [7, 11) is -3.88. The number of ether oxygens (including phenoxy) is 1. The molecule has 6 nitrogen and oxygen atoms in total. The predicted octanol–water partition coefficient (Wildman–Crippen LogP) is 5.25. The number of nitrogens with one attached hydrogen (secondary N) is 1. The van der Waals surface area contributed by atoms with Crippen LogP contribution in [0.25, 0.3) is 0 Å². The minimum absolute atomic E-state index is 0.127. The molecule has 1 saturated carbocycles. The molecular weight excluding hydrogens is 543 g/mol. The Kier molecular flexibility index (Phi) is 7.74. The molecule has 1 amide bonds. The zero-order valence-electron chi connectivity index (χ0n) is 19.7. The number of hydrogen-bond acceptors (Lipinski definition) is 5. The number of hydrogen-bond donors (Lipinski definition) is 1. The molecule has 2 aromatic carbocycles. The van der Waals surface area contributed by atoms with Gasteiger partial charge in [0.1, 0.15) is 11.9 Å². The lowest BCUT2D eigenvalue weighted by Crippen LogP contribution is -2.38. The van der Waals surface area contributed by atoms with Crippen LogP contribution in [0.4, 0.5) is 22.0 Å². The highest BCUT2D eigenvalue weighted by atomic mass is 35.5. The maximum absolute atomic E-state index is 15.2. The number of halogens is 6. The van der Waals surface area contributed by atoms with E-state index in [1.165, 1.54) is 6.07 Å². The van der Waals surface area contributed by atoms with Gasteiger partial charge in [0.05, 0.1) is 22.4 Å². The van der Waals surface area contributed by atoms with E-state index in [1.807, 2.05) is 4.90 Å². The van der Waals surface area contributed by atoms with Gasteiger partial charge in [-0.1, -0.05) is 17.7 Å². The predicted molar refractivity (Wildman–Crippen MR) is 126 cm³/mol. The highest BCUT2D eigenvalue weighted by molar-refractivity contribution is 7.89. The summed E-state index contributed by atoms with van der Waals surface area (Å²) in [6.45, 7) is 0.871. The minimum Gasteiger partial charge on any atom is -0.487 e. The van der Waals surface area contributed by atoms with E-state index in [1.54, 1.807) is 10.8 Å². The molecular formula is C24H24ClF5N2O4S. The first-order chi connectivity index (χ1) is 17.2. The number of likely N-dealkylation sites (tertiary alicyclic amines) is 1. The molecule has 1 aliphatic carbocycles. The maximum atomic E-state index is 15.2. The lowest BCUT2D eigenvalue weighted by atomic mass is 9.99. The van der Waals surface area contributed by atoms with Gasteiger partial charge in [0, 0.05) is 25.2 Å². The molecule has 2 aliphatic rings. The van der Waals surface area contributed by atoms with Crippen LogP contribution in [0.5, 0.6) is 5.75 Å². The van der Waals surface area contributed by atoms with E-state index >= 15 is 4.39 Å². The second-order valence-corrected chi connectivity index (χ2v) is 11.5. The molecule has 202 valence electrons. The van der Waals surface area contributed by atoms with Crippen molar-refractivity contribution in [2.75, 3.05) is 19.3 Å². The van der Waals surface area contributed by atoms with Crippen molar-refractivity contribution < 1.29 is 39.9 Å². The molecule has 1 aliphatic heterocycles. The van der Waals surface area contributed by atoms with Gasteiger partial charge < -0.3 is 4.74 Å². The van der Waals surface area contributed by atoms with Crippen molar-refractivity contribution in [1.29, 1.82) is 0 Å². The van der Waals surface area contributed by atoms with Crippen molar-refractivity contribution in [3.8, 4) is 5.75 Å². The lowest BCUT2D eigenvalue weighted by Gasteiger charge is -2.32. The molecule has 13 heteroatoms. The molecule has 1 N–H and O–H groups in total. The van der Waals surface area contributed by atoms with Gasteiger partial charge in [-0.15, -0.1) is 0 Å². The summed E-state index contributed by atoms with van der Waals surface area (Å²) in [5.41, 5.74) is -0.476. The van der Waals surface area contributed by atoms with E-state index in [4.69, 9.17) is 16.3 Å². The van der Waals surface area contributed by atoms with Gasteiger partial charge in [-0.2, -0.15) is 13.2 Å². The third-order valence-corrected chi connectivity index (χ3v) is 7.12. The first-order valence-electron chi connectivity index (χ1n) is 11.5. The van der Waals surface area contributed by atoms with Crippen LogP contribution in [-0.2, 0) is 22.7 Å². The summed E-state index contributed by atoms with van der Waals surface area (Å²) in [6, 6.07) is 4.13. The molecule has 1 saturated heterocycles. The first kappa shape index (κ1) is 27.6. The fraction of sp³-hybridized carbons (Fsp3) is 0.458. The largest absolute Gasteiger partial charge is 0.487 e. The lowest BCUT2D eigenvalue weighted by molar-refractivity contribution is -0.137. The smallest absolute Gasteiger partial charge is 0.416 e. The molecule has 0 atom stereocenters. The molecule has 2 fully saturated rings. The van der Waals surface area contributed by atoms with Crippen molar-refractivity contribution in [2.24, 2.45) is 0 Å². The van der Waals surface area contributed by atoms with Gasteiger partial charge in [-0.3, -0.25) is 9.69 Å². The molecule has 1 heterocycles. The normalized spacial score (nSPS) is 17.6. The zero-order valence-corrected chi connectivity index (χ0v) is 21.2. The summed E-state index contributed by atoms with van der Waals surface area (Å²) in [5, 5.41) is -0.691. The van der Waals surface area contributed by atoms with E-state index in [9.17, 15) is 30.8 Å². The molecule has 0 radical (unpaired) electrons. The standard InChI is InChI=1S/C24H24ClF5N2O4S/c1-37(34,35)31-23(33)18-9-14(13-2-3-13)8-15(21(18)26)12-32-6-4-17(5-7-32)36-20-11-16(24(28,29)30)10-19(25)22(20)27/h8-11,13,17H,2-7,12H2,1H3,(H,31,33). The number of nitrogens with zero attached hydrogens (tertiary/aromatic N) is 1. The Morgan fingerprint density at radius 2 is 1.73 bits per heavy atom. The van der Waals surface area contributed by atoms with Gasteiger partial charge in [-0.25, -0.2) is 21.9 Å². The van der Waals surface area contributed by atoms with E-state index in [-0.39, 0.29) is 23.6 Å². The number of rotatable bonds is 7. The van der Waals surface area contributed by atoms with E-state index in [0.29, 0.717) is 38.1 Å². The average Bonchev–Trinajstić information content (AvgIpc) is 3.63. The number of benzene rings is 2. The molecule has 37 heavy (non-hydrogen) atoms. The number of amides is 1. The Hall–Kier alpha value is -2.44. The Morgan fingerprint density at radius 3 is 2.30 bits per heavy atom. The van der Waals surface area contributed by atoms with Gasteiger partial charge in [0.2, 0.25) is 10.0 Å². The maximum Gasteiger partial charge on any atom is 0.416 e. The zero-order chi connectivity index (χ0) is 27.1. The van der Waals surface area contributed by atoms with Gasteiger partial charge in [0.15, 0.2) is 11.6 Å². The monoisotopic (exact) mass is 566 g/mol. The highest BCUT2D eigenvalue weighted by Gasteiger charge is 2.34. The Balaban J connectivity index is 1.45. The number of carbonyl (C=O) groups is 1. The van der Waals surface area contributed by atoms with Crippen LogP contribution in [-0.4, -0.2) is 44.7 Å². The molecule has 0 unspecified atom stereocenters. The van der Waals surface area contributed by atoms with Gasteiger partial charge in [0.25, 0.3) is 5.91 Å². The van der Waals surface area contributed by atoms with Crippen LogP contribution in [0.3, 0.4) is 0 Å². The average molecular weight is 567 g/mol. The van der Waals surface area contributed by atoms with Gasteiger partial charge >= 0.3 is 6.18 Å². The third kappa shape index (κ3) is 6.91. The molecule has 0 bridgehead atoms. The summed E-state index contributed by atoms with van der Waals surface area (Å²) >= 11 is 5.62. The SMILES string of the molecule is CS(=O)(=O)NC(=O)c1cc(C2CC2)cc(CN2CCC(Oc3cc(C(F)(F)F)cc(Cl)c3F)CC2)c1F. The molecule has 0 spiro atoms. The Bertz CT molecular complexity index is 1310. The van der Waals surface area contributed by atoms with Crippen molar-refractivity contribution in [3.63, 3.8) is 0 Å². The van der Waals surface area contributed by atoms with E-state index < -0.39 is 56.2 Å². The highest BCUT2D eigenvalue weighted by Crippen LogP contribution is 2.41. The van der Waals surface area contributed by atoms with Crippen molar-refractivity contribution in [2.45, 2.75) is 50.4 Å². The summed E-state index contributed by atoms with van der Waals surface area (Å²) < 4.78 is 99.0. The van der Waals surface area contributed by atoms with Crippen LogP contribution >= 0.6 is 11.6 Å². The third-order valence-electron chi connectivity index (χ3n) is 6.29. The molecule has 4 rings (SSSR count). The topological polar surface area (TPSA) is 75.7 Å². The number of sulfonamides is 1. The first-order valence-corrected chi connectivity index (χ1v) is 13.8. The number of carbonyl (C=O) groups excluding carboxylic acids is 1. The fourth-order valence-corrected chi connectivity index (χ4v) is 4.94. The molecule has 2 aromatic rings.